The van der Waals surface area contributed by atoms with E-state index in [0.29, 0.717) is 31.8 Å². The summed E-state index contributed by atoms with van der Waals surface area (Å²) >= 11 is 0. The van der Waals surface area contributed by atoms with Crippen LogP contribution >= 0.6 is 0 Å². The second-order valence-corrected chi connectivity index (χ2v) is 7.83. The van der Waals surface area contributed by atoms with Crippen LogP contribution in [0.3, 0.4) is 0 Å². The molecule has 1 heterocycles. The third kappa shape index (κ3) is 2.94. The fourth-order valence-electron chi connectivity index (χ4n) is 5.31. The highest BCUT2D eigenvalue weighted by atomic mass is 16.8. The van der Waals surface area contributed by atoms with Gasteiger partial charge in [0.1, 0.15) is 24.1 Å². The van der Waals surface area contributed by atoms with Gasteiger partial charge >= 0.3 is 0 Å². The van der Waals surface area contributed by atoms with E-state index in [-0.39, 0.29) is 24.4 Å². The van der Waals surface area contributed by atoms with Crippen molar-refractivity contribution >= 4 is 0 Å². The smallest absolute Gasteiger partial charge is 0.201 e. The fraction of sp³-hybridized carbons (Fsp3) is 0.636. The molecule has 3 fully saturated rings. The largest absolute Gasteiger partial charge is 0.490 e. The minimum Gasteiger partial charge on any atom is -0.490 e. The topological polar surface area (TPSA) is 77.4 Å². The first kappa shape index (κ1) is 19.7. The summed E-state index contributed by atoms with van der Waals surface area (Å²) in [7, 11) is 1.68. The van der Waals surface area contributed by atoms with Crippen LogP contribution in [0.5, 0.6) is 5.75 Å². The van der Waals surface area contributed by atoms with Crippen LogP contribution in [0.15, 0.2) is 30.3 Å². The van der Waals surface area contributed by atoms with Crippen molar-refractivity contribution < 1.29 is 29.2 Å². The van der Waals surface area contributed by atoms with Crippen LogP contribution in [-0.4, -0.2) is 60.7 Å². The van der Waals surface area contributed by atoms with Gasteiger partial charge in [-0.15, -0.1) is 0 Å². The number of fused-ring (bicyclic) bond motifs is 2. The molecule has 152 valence electrons. The zero-order valence-electron chi connectivity index (χ0n) is 16.3. The van der Waals surface area contributed by atoms with E-state index < -0.39 is 23.6 Å². The molecule has 2 N–H and O–H groups in total. The Morgan fingerprint density at radius 1 is 1.25 bits per heavy atom. The zero-order chi connectivity index (χ0) is 19.8. The summed E-state index contributed by atoms with van der Waals surface area (Å²) in [5.41, 5.74) is -0.604. The summed E-state index contributed by atoms with van der Waals surface area (Å²) in [6.07, 6.45) is -0.280. The molecule has 1 aromatic rings. The number of hydrogen-bond donors (Lipinski definition) is 2. The molecule has 1 aliphatic heterocycles. The maximum Gasteiger partial charge on any atom is 0.201 e. The highest BCUT2D eigenvalue weighted by Gasteiger charge is 2.77. The molecule has 2 saturated carbocycles. The lowest BCUT2D eigenvalue weighted by Crippen LogP contribution is -2.79. The number of aliphatic hydroxyl groups is 2. The van der Waals surface area contributed by atoms with Gasteiger partial charge in [-0.2, -0.15) is 0 Å². The Bertz CT molecular complexity index is 734. The fourth-order valence-corrected chi connectivity index (χ4v) is 5.31. The highest BCUT2D eigenvalue weighted by Crippen LogP contribution is 2.65. The van der Waals surface area contributed by atoms with Crippen LogP contribution in [0.2, 0.25) is 0 Å². The van der Waals surface area contributed by atoms with Gasteiger partial charge in [-0.3, -0.25) is 0 Å². The molecule has 6 atom stereocenters. The molecule has 3 aliphatic rings. The average Bonchev–Trinajstić information content (AvgIpc) is 3.24. The van der Waals surface area contributed by atoms with Gasteiger partial charge in [-0.25, -0.2) is 0 Å². The van der Waals surface area contributed by atoms with Crippen molar-refractivity contribution in [1.29, 1.82) is 0 Å². The molecular weight excluding hydrogens is 360 g/mol. The monoisotopic (exact) mass is 388 g/mol. The second kappa shape index (κ2) is 7.66. The van der Waals surface area contributed by atoms with Gasteiger partial charge in [0, 0.05) is 18.9 Å². The molecule has 1 unspecified atom stereocenters. The first-order valence-corrected chi connectivity index (χ1v) is 9.92. The summed E-state index contributed by atoms with van der Waals surface area (Å²) in [6.45, 7) is 3.24. The van der Waals surface area contributed by atoms with Crippen molar-refractivity contribution in [3.05, 3.63) is 30.3 Å². The molecule has 6 heteroatoms. The van der Waals surface area contributed by atoms with Crippen LogP contribution in [0, 0.1) is 29.6 Å². The molecule has 2 aliphatic carbocycles. The number of para-hydroxylation sites is 1. The van der Waals surface area contributed by atoms with Crippen LogP contribution in [0.25, 0.3) is 0 Å². The van der Waals surface area contributed by atoms with Crippen molar-refractivity contribution in [3.8, 4) is 17.6 Å². The normalized spacial score (nSPS) is 36.7. The lowest BCUT2D eigenvalue weighted by atomic mass is 9.47. The molecule has 1 spiro atoms. The number of hydrogen-bond acceptors (Lipinski definition) is 6. The lowest BCUT2D eigenvalue weighted by molar-refractivity contribution is -0.412. The van der Waals surface area contributed by atoms with Crippen LogP contribution in [0.1, 0.15) is 19.8 Å². The van der Waals surface area contributed by atoms with E-state index in [1.54, 1.807) is 7.11 Å². The number of aliphatic hydroxyl groups excluding tert-OH is 2. The number of methoxy groups -OCH3 is 1. The number of benzene rings is 1. The maximum atomic E-state index is 10.6. The molecule has 6 nitrogen and oxygen atoms in total. The molecular formula is C22H28O6. The minimum absolute atomic E-state index is 0.0194. The quantitative estimate of drug-likeness (QED) is 0.763. The van der Waals surface area contributed by atoms with Gasteiger partial charge in [0.05, 0.1) is 25.2 Å². The average molecular weight is 388 g/mol. The van der Waals surface area contributed by atoms with Crippen molar-refractivity contribution in [3.63, 3.8) is 0 Å². The first-order valence-electron chi connectivity index (χ1n) is 9.92. The van der Waals surface area contributed by atoms with E-state index in [0.717, 1.165) is 0 Å². The van der Waals surface area contributed by atoms with Gasteiger partial charge in [0.2, 0.25) is 5.79 Å². The SMILES string of the molecule is CO[C@@]12CC[C@H](O)[C@@H](C#C[C@@H](O)COc3ccccc3)[C@@H]1C(C)C21OCCO1. The Hall–Kier alpha value is -1.62. The van der Waals surface area contributed by atoms with Gasteiger partial charge in [0.15, 0.2) is 0 Å². The molecule has 1 aromatic carbocycles. The second-order valence-electron chi connectivity index (χ2n) is 7.83. The lowest BCUT2D eigenvalue weighted by Gasteiger charge is -2.67. The van der Waals surface area contributed by atoms with Crippen LogP contribution in [0.4, 0.5) is 0 Å². The van der Waals surface area contributed by atoms with Gasteiger partial charge in [-0.1, -0.05) is 37.0 Å². The van der Waals surface area contributed by atoms with E-state index in [4.69, 9.17) is 18.9 Å². The highest BCUT2D eigenvalue weighted by molar-refractivity contribution is 5.27. The summed E-state index contributed by atoms with van der Waals surface area (Å²) in [4.78, 5) is 0. The van der Waals surface area contributed by atoms with Crippen LogP contribution in [-0.2, 0) is 14.2 Å². The predicted molar refractivity (Wildman–Crippen MR) is 101 cm³/mol. The summed E-state index contributed by atoms with van der Waals surface area (Å²) in [5.74, 6) is 5.62. The van der Waals surface area contributed by atoms with Crippen molar-refractivity contribution in [1.82, 2.24) is 0 Å². The van der Waals surface area contributed by atoms with Gasteiger partial charge in [-0.05, 0) is 25.0 Å². The van der Waals surface area contributed by atoms with E-state index in [9.17, 15) is 10.2 Å². The number of ether oxygens (including phenoxy) is 4. The van der Waals surface area contributed by atoms with E-state index in [2.05, 4.69) is 18.8 Å². The molecule has 4 rings (SSSR count). The van der Waals surface area contributed by atoms with Crippen molar-refractivity contribution in [2.24, 2.45) is 17.8 Å². The molecule has 1 saturated heterocycles. The third-order valence-electron chi connectivity index (χ3n) is 6.53. The van der Waals surface area contributed by atoms with Crippen LogP contribution < -0.4 is 4.74 Å². The maximum absolute atomic E-state index is 10.6. The van der Waals surface area contributed by atoms with E-state index in [1.807, 2.05) is 30.3 Å². The molecule has 0 bridgehead atoms. The van der Waals surface area contributed by atoms with Crippen molar-refractivity contribution in [2.75, 3.05) is 26.9 Å². The minimum atomic E-state index is -0.936. The Labute approximate surface area is 165 Å². The molecule has 0 amide bonds. The molecule has 0 aromatic heterocycles. The Kier molecular flexibility index (Phi) is 5.38. The third-order valence-corrected chi connectivity index (χ3v) is 6.53. The van der Waals surface area contributed by atoms with Crippen molar-refractivity contribution in [2.45, 2.75) is 43.4 Å². The summed E-state index contributed by atoms with van der Waals surface area (Å²) in [5, 5.41) is 20.8. The summed E-state index contributed by atoms with van der Waals surface area (Å²) in [6, 6.07) is 9.30. The molecule has 0 radical (unpaired) electrons. The van der Waals surface area contributed by atoms with Gasteiger partial charge in [0.25, 0.3) is 0 Å². The number of rotatable bonds is 4. The Morgan fingerprint density at radius 2 is 1.96 bits per heavy atom. The van der Waals surface area contributed by atoms with E-state index in [1.165, 1.54) is 0 Å². The molecule has 28 heavy (non-hydrogen) atoms. The van der Waals surface area contributed by atoms with Gasteiger partial charge < -0.3 is 29.2 Å². The summed E-state index contributed by atoms with van der Waals surface area (Å²) < 4.78 is 23.5. The Morgan fingerprint density at radius 3 is 2.64 bits per heavy atom. The predicted octanol–water partition coefficient (Wildman–Crippen LogP) is 1.59. The zero-order valence-corrected chi connectivity index (χ0v) is 16.3. The van der Waals surface area contributed by atoms with E-state index >= 15 is 0 Å². The Balaban J connectivity index is 1.48. The standard InChI is InChI=1S/C22H28O6/c1-15-20-18(9-8-16(23)14-26-17-6-4-3-5-7-17)19(24)10-11-21(20,25-2)22(15)27-12-13-28-22/h3-7,15-16,18-20,23-24H,10-14H2,1-2H3/t15?,16-,18-,19+,20+,21+/m1/s1. The first-order chi connectivity index (χ1) is 13.5.